The first-order chi connectivity index (χ1) is 13.5. The Balaban J connectivity index is 3.85. The fourth-order valence-electron chi connectivity index (χ4n) is 2.73. The second-order valence-corrected chi connectivity index (χ2v) is 7.17. The first kappa shape index (κ1) is 26.4. The van der Waals surface area contributed by atoms with Crippen LogP contribution in [0.2, 0.25) is 0 Å². The molecule has 0 aliphatic carbocycles. The van der Waals surface area contributed by atoms with Gasteiger partial charge in [-0.1, -0.05) is 71.8 Å². The number of esters is 1. The predicted molar refractivity (Wildman–Crippen MR) is 112 cm³/mol. The maximum atomic E-state index is 11.6. The highest BCUT2D eigenvalue weighted by Gasteiger charge is 2.10. The van der Waals surface area contributed by atoms with E-state index < -0.39 is 12.1 Å². The molecule has 0 aliphatic rings. The van der Waals surface area contributed by atoms with Crippen LogP contribution < -0.4 is 5.32 Å². The third-order valence-corrected chi connectivity index (χ3v) is 4.38. The molecule has 0 saturated carbocycles. The number of rotatable bonds is 18. The molecule has 0 aromatic rings. The smallest absolute Gasteiger partial charge is 0.407 e. The summed E-state index contributed by atoms with van der Waals surface area (Å²) in [4.78, 5) is 22.8. The van der Waals surface area contributed by atoms with E-state index in [0.717, 1.165) is 12.8 Å². The molecule has 0 radical (unpaired) electrons. The molecule has 0 heterocycles. The molecule has 1 atom stereocenters. The maximum Gasteiger partial charge on any atom is 0.407 e. The molecule has 6 nitrogen and oxygen atoms in total. The summed E-state index contributed by atoms with van der Waals surface area (Å²) in [5, 5.41) is 2.54. The summed E-state index contributed by atoms with van der Waals surface area (Å²) in [6.45, 7) is 10.4. The van der Waals surface area contributed by atoms with Gasteiger partial charge in [-0.15, -0.1) is 0 Å². The first-order valence-electron chi connectivity index (χ1n) is 10.9. The summed E-state index contributed by atoms with van der Waals surface area (Å²) in [5.74, 6) is -0.465. The molecule has 0 rings (SSSR count). The van der Waals surface area contributed by atoms with Crippen LogP contribution in [-0.2, 0) is 19.0 Å². The highest BCUT2D eigenvalue weighted by Crippen LogP contribution is 2.15. The average Bonchev–Trinajstić information content (AvgIpc) is 2.67. The third-order valence-electron chi connectivity index (χ3n) is 4.38. The Bertz CT molecular complexity index is 425. The number of ether oxygens (including phenoxy) is 3. The predicted octanol–water partition coefficient (Wildman–Crippen LogP) is 5.16. The van der Waals surface area contributed by atoms with Crippen molar-refractivity contribution in [2.75, 3.05) is 26.4 Å². The van der Waals surface area contributed by atoms with Gasteiger partial charge in [0.2, 0.25) is 0 Å². The fraction of sp³-hybridized carbons (Fsp3) is 0.818. The Morgan fingerprint density at radius 2 is 1.46 bits per heavy atom. The zero-order chi connectivity index (χ0) is 21.0. The summed E-state index contributed by atoms with van der Waals surface area (Å²) >= 11 is 0. The Labute approximate surface area is 171 Å². The van der Waals surface area contributed by atoms with Crippen molar-refractivity contribution in [3.8, 4) is 0 Å². The van der Waals surface area contributed by atoms with E-state index in [1.54, 1.807) is 6.92 Å². The summed E-state index contributed by atoms with van der Waals surface area (Å²) in [7, 11) is 0. The topological polar surface area (TPSA) is 73.9 Å². The van der Waals surface area contributed by atoms with Gasteiger partial charge in [0.05, 0.1) is 19.3 Å². The van der Waals surface area contributed by atoms with E-state index in [4.69, 9.17) is 14.2 Å². The van der Waals surface area contributed by atoms with Crippen LogP contribution in [0.5, 0.6) is 0 Å². The van der Waals surface area contributed by atoms with Gasteiger partial charge in [-0.25, -0.2) is 9.59 Å². The van der Waals surface area contributed by atoms with E-state index in [9.17, 15) is 9.59 Å². The van der Waals surface area contributed by atoms with E-state index in [-0.39, 0.29) is 25.9 Å². The number of carbonyl (C=O) groups is 2. The Morgan fingerprint density at radius 1 is 0.857 bits per heavy atom. The van der Waals surface area contributed by atoms with Crippen molar-refractivity contribution >= 4 is 12.1 Å². The van der Waals surface area contributed by atoms with E-state index >= 15 is 0 Å². The zero-order valence-corrected chi connectivity index (χ0v) is 18.2. The van der Waals surface area contributed by atoms with E-state index in [1.807, 2.05) is 0 Å². The summed E-state index contributed by atoms with van der Waals surface area (Å²) in [6, 6.07) is 0. The van der Waals surface area contributed by atoms with Crippen LogP contribution in [0.15, 0.2) is 12.2 Å². The van der Waals surface area contributed by atoms with Crippen molar-refractivity contribution in [2.45, 2.75) is 91.1 Å². The zero-order valence-electron chi connectivity index (χ0n) is 18.2. The summed E-state index contributed by atoms with van der Waals surface area (Å²) < 4.78 is 15.9. The normalized spacial score (nSPS) is 11.7. The van der Waals surface area contributed by atoms with Crippen LogP contribution in [0.3, 0.4) is 0 Å². The first-order valence-corrected chi connectivity index (χ1v) is 10.9. The second kappa shape index (κ2) is 18.8. The van der Waals surface area contributed by atoms with Crippen molar-refractivity contribution in [3.05, 3.63) is 12.2 Å². The Morgan fingerprint density at radius 3 is 2.11 bits per heavy atom. The van der Waals surface area contributed by atoms with E-state index in [1.165, 1.54) is 51.4 Å². The number of hydrogen-bond acceptors (Lipinski definition) is 5. The summed E-state index contributed by atoms with van der Waals surface area (Å²) in [5.41, 5.74) is 0.332. The summed E-state index contributed by atoms with van der Waals surface area (Å²) in [6.07, 6.45) is 11.8. The molecule has 1 N–H and O–H groups in total. The number of hydrogen-bond donors (Lipinski definition) is 1. The van der Waals surface area contributed by atoms with E-state index in [0.29, 0.717) is 12.2 Å². The number of unbranched alkanes of at least 4 members (excludes halogenated alkanes) is 6. The molecule has 164 valence electrons. The lowest BCUT2D eigenvalue weighted by Crippen LogP contribution is -2.30. The van der Waals surface area contributed by atoms with Crippen LogP contribution in [0, 0.1) is 0 Å². The van der Waals surface area contributed by atoms with Crippen molar-refractivity contribution in [2.24, 2.45) is 0 Å². The minimum Gasteiger partial charge on any atom is -0.460 e. The standard InChI is InChI=1S/C22H41NO5/c1-5-7-9-10-12-14-20(13-11-8-6-2)26-17-18-28-22(25)23-15-16-27-21(24)19(3)4/h20H,3,5-18H2,1-2,4H3,(H,23,25). The van der Waals surface area contributed by atoms with E-state index in [2.05, 4.69) is 25.7 Å². The largest absolute Gasteiger partial charge is 0.460 e. The van der Waals surface area contributed by atoms with Gasteiger partial charge < -0.3 is 19.5 Å². The number of nitrogens with one attached hydrogen (secondary N) is 1. The third kappa shape index (κ3) is 16.6. The molecule has 6 heteroatoms. The lowest BCUT2D eigenvalue weighted by molar-refractivity contribution is -0.138. The lowest BCUT2D eigenvalue weighted by atomic mass is 10.0. The van der Waals surface area contributed by atoms with Gasteiger partial charge in [0.15, 0.2) is 0 Å². The fourth-order valence-corrected chi connectivity index (χ4v) is 2.73. The van der Waals surface area contributed by atoms with Gasteiger partial charge in [0.25, 0.3) is 0 Å². The molecule has 1 amide bonds. The van der Waals surface area contributed by atoms with Crippen LogP contribution >= 0.6 is 0 Å². The van der Waals surface area contributed by atoms with Crippen LogP contribution in [0.25, 0.3) is 0 Å². The van der Waals surface area contributed by atoms with Crippen molar-refractivity contribution in [1.29, 1.82) is 0 Å². The molecule has 0 bridgehead atoms. The number of alkyl carbamates (subject to hydrolysis) is 1. The maximum absolute atomic E-state index is 11.6. The number of carbonyl (C=O) groups excluding carboxylic acids is 2. The van der Waals surface area contributed by atoms with Gasteiger partial charge >= 0.3 is 12.1 Å². The van der Waals surface area contributed by atoms with Gasteiger partial charge in [-0.05, 0) is 19.8 Å². The SMILES string of the molecule is C=C(C)C(=O)OCCNC(=O)OCCOC(CCCCC)CCCCCCC. The molecular weight excluding hydrogens is 358 g/mol. The second-order valence-electron chi connectivity index (χ2n) is 7.17. The molecular formula is C22H41NO5. The van der Waals surface area contributed by atoms with Crippen molar-refractivity contribution < 1.29 is 23.8 Å². The molecule has 0 aliphatic heterocycles. The van der Waals surface area contributed by atoms with Gasteiger partial charge in [0, 0.05) is 5.57 Å². The molecule has 0 aromatic heterocycles. The molecule has 1 unspecified atom stereocenters. The van der Waals surface area contributed by atoms with Crippen LogP contribution in [0.1, 0.15) is 85.0 Å². The van der Waals surface area contributed by atoms with Gasteiger partial charge in [0.1, 0.15) is 13.2 Å². The minimum atomic E-state index is -0.530. The van der Waals surface area contributed by atoms with Gasteiger partial charge in [-0.2, -0.15) is 0 Å². The minimum absolute atomic E-state index is 0.0921. The van der Waals surface area contributed by atoms with Crippen LogP contribution in [-0.4, -0.2) is 44.5 Å². The highest BCUT2D eigenvalue weighted by molar-refractivity contribution is 5.86. The Hall–Kier alpha value is -1.56. The quantitative estimate of drug-likeness (QED) is 0.196. The molecule has 28 heavy (non-hydrogen) atoms. The van der Waals surface area contributed by atoms with Crippen molar-refractivity contribution in [1.82, 2.24) is 5.32 Å². The highest BCUT2D eigenvalue weighted by atomic mass is 16.6. The lowest BCUT2D eigenvalue weighted by Gasteiger charge is -2.18. The monoisotopic (exact) mass is 399 g/mol. The van der Waals surface area contributed by atoms with Gasteiger partial charge in [-0.3, -0.25) is 0 Å². The Kier molecular flexibility index (Phi) is 17.7. The molecule has 0 saturated heterocycles. The van der Waals surface area contributed by atoms with Crippen LogP contribution in [0.4, 0.5) is 4.79 Å². The molecule has 0 fully saturated rings. The van der Waals surface area contributed by atoms with Crippen molar-refractivity contribution in [3.63, 3.8) is 0 Å². The number of amides is 1. The molecule has 0 spiro atoms. The molecule has 0 aromatic carbocycles. The average molecular weight is 400 g/mol.